The Labute approximate surface area is 104 Å². The van der Waals surface area contributed by atoms with Gasteiger partial charge in [0.1, 0.15) is 5.82 Å². The highest BCUT2D eigenvalue weighted by molar-refractivity contribution is 5.69. The molecule has 0 saturated heterocycles. The van der Waals surface area contributed by atoms with E-state index < -0.39 is 0 Å². The molecule has 1 aromatic carbocycles. The molecule has 90 valence electrons. The molecule has 0 bridgehead atoms. The smallest absolute Gasteiger partial charge is 0.221 e. The Morgan fingerprint density at radius 1 is 1.22 bits per heavy atom. The summed E-state index contributed by atoms with van der Waals surface area (Å²) in [4.78, 5) is 4.19. The van der Waals surface area contributed by atoms with Crippen molar-refractivity contribution in [3.63, 3.8) is 0 Å². The summed E-state index contributed by atoms with van der Waals surface area (Å²) in [5, 5.41) is 8.62. The lowest BCUT2D eigenvalue weighted by Crippen LogP contribution is -1.97. The number of methoxy groups -OCH3 is 1. The molecule has 0 N–H and O–H groups in total. The highest BCUT2D eigenvalue weighted by Crippen LogP contribution is 2.30. The van der Waals surface area contributed by atoms with Crippen LogP contribution in [0.25, 0.3) is 11.1 Å². The van der Waals surface area contributed by atoms with Gasteiger partial charge in [0.05, 0.1) is 25.3 Å². The van der Waals surface area contributed by atoms with Gasteiger partial charge in [-0.15, -0.1) is 0 Å². The normalized spacial score (nSPS) is 9.83. The van der Waals surface area contributed by atoms with Gasteiger partial charge in [-0.2, -0.15) is 5.26 Å². The maximum absolute atomic E-state index is 13.7. The fourth-order valence-electron chi connectivity index (χ4n) is 1.70. The van der Waals surface area contributed by atoms with Crippen molar-refractivity contribution in [3.8, 4) is 23.1 Å². The number of halogens is 1. The number of benzene rings is 1. The fraction of sp³-hybridized carbons (Fsp3) is 0.143. The lowest BCUT2D eigenvalue weighted by Gasteiger charge is -2.09. The van der Waals surface area contributed by atoms with E-state index in [1.165, 1.54) is 13.2 Å². The molecular formula is C14H11FN2O. The first-order chi connectivity index (χ1) is 8.76. The average Bonchev–Trinajstić information content (AvgIpc) is 2.40. The van der Waals surface area contributed by atoms with E-state index in [1.807, 2.05) is 6.07 Å². The molecule has 1 aromatic heterocycles. The lowest BCUT2D eigenvalue weighted by atomic mass is 10.1. The van der Waals surface area contributed by atoms with E-state index in [-0.39, 0.29) is 12.2 Å². The predicted molar refractivity (Wildman–Crippen MR) is 65.5 cm³/mol. The van der Waals surface area contributed by atoms with E-state index in [2.05, 4.69) is 4.98 Å². The lowest BCUT2D eigenvalue weighted by molar-refractivity contribution is 0.398. The summed E-state index contributed by atoms with van der Waals surface area (Å²) in [5.74, 6) is -0.00140. The van der Waals surface area contributed by atoms with Crippen molar-refractivity contribution in [1.82, 2.24) is 4.98 Å². The number of aromatic nitrogens is 1. The fourth-order valence-corrected chi connectivity index (χ4v) is 1.70. The van der Waals surface area contributed by atoms with Gasteiger partial charge >= 0.3 is 0 Å². The quantitative estimate of drug-likeness (QED) is 0.831. The zero-order chi connectivity index (χ0) is 13.0. The molecule has 0 aliphatic heterocycles. The van der Waals surface area contributed by atoms with Crippen LogP contribution < -0.4 is 4.74 Å². The van der Waals surface area contributed by atoms with Crippen LogP contribution in [0.5, 0.6) is 5.88 Å². The van der Waals surface area contributed by atoms with Gasteiger partial charge in [0.25, 0.3) is 0 Å². The summed E-state index contributed by atoms with van der Waals surface area (Å²) in [6.45, 7) is 0. The number of nitriles is 1. The number of nitrogens with zero attached hydrogens (tertiary/aromatic N) is 2. The van der Waals surface area contributed by atoms with Crippen molar-refractivity contribution in [2.45, 2.75) is 6.42 Å². The molecule has 4 heteroatoms. The van der Waals surface area contributed by atoms with Crippen LogP contribution in [-0.4, -0.2) is 12.1 Å². The van der Waals surface area contributed by atoms with Crippen LogP contribution in [0.4, 0.5) is 4.39 Å². The molecule has 0 aliphatic rings. The maximum atomic E-state index is 13.7. The largest absolute Gasteiger partial charge is 0.481 e. The topological polar surface area (TPSA) is 45.9 Å². The van der Waals surface area contributed by atoms with Gasteiger partial charge in [0.2, 0.25) is 5.88 Å². The molecule has 0 atom stereocenters. The zero-order valence-corrected chi connectivity index (χ0v) is 9.85. The molecule has 3 nitrogen and oxygen atoms in total. The van der Waals surface area contributed by atoms with Gasteiger partial charge < -0.3 is 4.74 Å². The Hall–Kier alpha value is -2.41. The van der Waals surface area contributed by atoms with Crippen molar-refractivity contribution in [2.24, 2.45) is 0 Å². The summed E-state index contributed by atoms with van der Waals surface area (Å²) < 4.78 is 18.9. The van der Waals surface area contributed by atoms with Crippen molar-refractivity contribution in [3.05, 3.63) is 47.9 Å². The first-order valence-corrected chi connectivity index (χ1v) is 5.42. The third-order valence-electron chi connectivity index (χ3n) is 2.54. The Bertz CT molecular complexity index is 605. The van der Waals surface area contributed by atoms with Crippen LogP contribution in [-0.2, 0) is 6.42 Å². The highest BCUT2D eigenvalue weighted by atomic mass is 19.1. The molecule has 0 fully saturated rings. The van der Waals surface area contributed by atoms with E-state index >= 15 is 0 Å². The second kappa shape index (κ2) is 5.28. The predicted octanol–water partition coefficient (Wildman–Crippen LogP) is 2.96. The Kier molecular flexibility index (Phi) is 3.54. The summed E-state index contributed by atoms with van der Waals surface area (Å²) in [7, 11) is 1.48. The third kappa shape index (κ3) is 2.30. The minimum absolute atomic E-state index is 0.202. The van der Waals surface area contributed by atoms with Crippen LogP contribution in [0.1, 0.15) is 5.69 Å². The molecule has 0 amide bonds. The second-order valence-electron chi connectivity index (χ2n) is 3.67. The SMILES string of the molecule is COc1nc(CC#N)ccc1-c1ccccc1F. The number of ether oxygens (including phenoxy) is 1. The standard InChI is InChI=1S/C14H11FN2O/c1-18-14-12(7-6-10(17-14)8-9-16)11-4-2-3-5-13(11)15/h2-7H,8H2,1H3. The van der Waals surface area contributed by atoms with Gasteiger partial charge in [-0.3, -0.25) is 0 Å². The molecule has 0 aliphatic carbocycles. The number of hydrogen-bond donors (Lipinski definition) is 0. The zero-order valence-electron chi connectivity index (χ0n) is 9.85. The van der Waals surface area contributed by atoms with E-state index in [9.17, 15) is 4.39 Å². The minimum atomic E-state index is -0.328. The average molecular weight is 242 g/mol. The second-order valence-corrected chi connectivity index (χ2v) is 3.67. The molecule has 18 heavy (non-hydrogen) atoms. The van der Waals surface area contributed by atoms with E-state index in [0.717, 1.165) is 0 Å². The Morgan fingerprint density at radius 3 is 2.67 bits per heavy atom. The van der Waals surface area contributed by atoms with E-state index in [0.29, 0.717) is 22.7 Å². The van der Waals surface area contributed by atoms with Crippen molar-refractivity contribution < 1.29 is 9.13 Å². The molecule has 0 spiro atoms. The highest BCUT2D eigenvalue weighted by Gasteiger charge is 2.11. The summed E-state index contributed by atoms with van der Waals surface area (Å²) in [6.07, 6.45) is 0.202. The first kappa shape index (κ1) is 12.1. The summed E-state index contributed by atoms with van der Waals surface area (Å²) >= 11 is 0. The molecule has 0 unspecified atom stereocenters. The molecular weight excluding hydrogens is 231 g/mol. The van der Waals surface area contributed by atoms with Crippen LogP contribution in [0.15, 0.2) is 36.4 Å². The Balaban J connectivity index is 2.52. The third-order valence-corrected chi connectivity index (χ3v) is 2.54. The molecule has 0 saturated carbocycles. The molecule has 0 radical (unpaired) electrons. The molecule has 2 aromatic rings. The Morgan fingerprint density at radius 2 is 2.00 bits per heavy atom. The molecule has 1 heterocycles. The van der Waals surface area contributed by atoms with Gasteiger partial charge in [-0.25, -0.2) is 9.37 Å². The maximum Gasteiger partial charge on any atom is 0.221 e. The number of pyridine rings is 1. The summed E-state index contributed by atoms with van der Waals surface area (Å²) in [5.41, 5.74) is 1.62. The van der Waals surface area contributed by atoms with Crippen molar-refractivity contribution in [1.29, 1.82) is 5.26 Å². The van der Waals surface area contributed by atoms with Gasteiger partial charge in [-0.1, -0.05) is 18.2 Å². The number of rotatable bonds is 3. The minimum Gasteiger partial charge on any atom is -0.481 e. The van der Waals surface area contributed by atoms with E-state index in [1.54, 1.807) is 30.3 Å². The van der Waals surface area contributed by atoms with Gasteiger partial charge in [-0.05, 0) is 18.2 Å². The number of hydrogen-bond acceptors (Lipinski definition) is 3. The van der Waals surface area contributed by atoms with Crippen LogP contribution in [0.2, 0.25) is 0 Å². The summed E-state index contributed by atoms with van der Waals surface area (Å²) in [6, 6.07) is 11.9. The van der Waals surface area contributed by atoms with Gasteiger partial charge in [0, 0.05) is 11.1 Å². The van der Waals surface area contributed by atoms with Crippen molar-refractivity contribution >= 4 is 0 Å². The van der Waals surface area contributed by atoms with Crippen molar-refractivity contribution in [2.75, 3.05) is 7.11 Å². The van der Waals surface area contributed by atoms with Crippen LogP contribution in [0.3, 0.4) is 0 Å². The first-order valence-electron chi connectivity index (χ1n) is 5.42. The van der Waals surface area contributed by atoms with Crippen LogP contribution >= 0.6 is 0 Å². The van der Waals surface area contributed by atoms with Crippen LogP contribution in [0, 0.1) is 17.1 Å². The van der Waals surface area contributed by atoms with E-state index in [4.69, 9.17) is 10.00 Å². The monoisotopic (exact) mass is 242 g/mol. The molecule has 2 rings (SSSR count). The van der Waals surface area contributed by atoms with Gasteiger partial charge in [0.15, 0.2) is 0 Å².